The molecule has 8 nitrogen and oxygen atoms in total. The monoisotopic (exact) mass is 545 g/mol. The van der Waals surface area contributed by atoms with Gasteiger partial charge in [0.2, 0.25) is 11.8 Å². The van der Waals surface area contributed by atoms with Crippen LogP contribution in [0.15, 0.2) is 66.7 Å². The number of carboxylic acid groups (broad SMARTS) is 1. The SMILES string of the molecule is CCOc1cccc(CN2[C@@H]3CCN(c4ccc(C(=O)O)cc4)C(=O)[C@@H]3C[C@@]23C(=O)Nc2cc(Cl)ccc23)c1. The number of aromatic carboxylic acids is 1. The van der Waals surface area contributed by atoms with Gasteiger partial charge in [0.1, 0.15) is 11.3 Å². The molecule has 200 valence electrons. The summed E-state index contributed by atoms with van der Waals surface area (Å²) in [6.07, 6.45) is 1.01. The Bertz CT molecular complexity index is 1480. The first-order valence-electron chi connectivity index (χ1n) is 13.1. The number of amides is 2. The number of fused-ring (bicyclic) bond motifs is 3. The highest BCUT2D eigenvalue weighted by atomic mass is 35.5. The van der Waals surface area contributed by atoms with Crippen molar-refractivity contribution in [2.45, 2.75) is 37.9 Å². The Hall–Kier alpha value is -3.88. The van der Waals surface area contributed by atoms with E-state index in [-0.39, 0.29) is 23.4 Å². The predicted molar refractivity (Wildman–Crippen MR) is 147 cm³/mol. The molecule has 0 aromatic heterocycles. The van der Waals surface area contributed by atoms with Gasteiger partial charge in [-0.15, -0.1) is 0 Å². The van der Waals surface area contributed by atoms with Gasteiger partial charge in [-0.05, 0) is 73.9 Å². The van der Waals surface area contributed by atoms with Crippen LogP contribution < -0.4 is 15.0 Å². The number of hydrogen-bond acceptors (Lipinski definition) is 5. The Morgan fingerprint density at radius 3 is 2.67 bits per heavy atom. The number of ether oxygens (including phenoxy) is 1. The minimum Gasteiger partial charge on any atom is -0.494 e. The van der Waals surface area contributed by atoms with Crippen LogP contribution in [0.1, 0.15) is 41.3 Å². The van der Waals surface area contributed by atoms with Gasteiger partial charge in [0.25, 0.3) is 0 Å². The summed E-state index contributed by atoms with van der Waals surface area (Å²) in [4.78, 5) is 43.0. The lowest BCUT2D eigenvalue weighted by molar-refractivity contribution is -0.127. The number of carbonyl (C=O) groups is 3. The molecule has 2 N–H and O–H groups in total. The van der Waals surface area contributed by atoms with Crippen molar-refractivity contribution in [3.8, 4) is 5.75 Å². The molecular weight excluding hydrogens is 518 g/mol. The zero-order valence-electron chi connectivity index (χ0n) is 21.4. The van der Waals surface area contributed by atoms with Gasteiger partial charge in [-0.25, -0.2) is 4.79 Å². The second kappa shape index (κ2) is 9.70. The largest absolute Gasteiger partial charge is 0.494 e. The average Bonchev–Trinajstić information content (AvgIpc) is 3.39. The summed E-state index contributed by atoms with van der Waals surface area (Å²) in [5.74, 6) is -0.881. The van der Waals surface area contributed by atoms with E-state index in [0.29, 0.717) is 48.9 Å². The number of piperidine rings is 1. The summed E-state index contributed by atoms with van der Waals surface area (Å²) in [5.41, 5.74) is 2.30. The number of likely N-dealkylation sites (tertiary alicyclic amines) is 1. The molecule has 3 atom stereocenters. The fourth-order valence-corrected chi connectivity index (χ4v) is 6.63. The van der Waals surface area contributed by atoms with Crippen LogP contribution in [0.25, 0.3) is 0 Å². The molecule has 3 aromatic rings. The van der Waals surface area contributed by atoms with E-state index in [0.717, 1.165) is 16.9 Å². The van der Waals surface area contributed by atoms with Crippen molar-refractivity contribution in [3.63, 3.8) is 0 Å². The topological polar surface area (TPSA) is 99.2 Å². The molecule has 0 radical (unpaired) electrons. The number of carboxylic acids is 1. The molecule has 3 aliphatic rings. The Balaban J connectivity index is 1.39. The first-order valence-corrected chi connectivity index (χ1v) is 13.4. The number of carbonyl (C=O) groups excluding carboxylic acids is 2. The molecule has 1 spiro atoms. The third-order valence-corrected chi connectivity index (χ3v) is 8.38. The third kappa shape index (κ3) is 4.15. The van der Waals surface area contributed by atoms with Crippen molar-refractivity contribution in [3.05, 3.63) is 88.4 Å². The number of nitrogens with zero attached hydrogens (tertiary/aromatic N) is 2. The highest BCUT2D eigenvalue weighted by Crippen LogP contribution is 2.54. The van der Waals surface area contributed by atoms with Crippen LogP contribution in [-0.2, 0) is 21.7 Å². The molecule has 2 fully saturated rings. The molecule has 6 rings (SSSR count). The average molecular weight is 546 g/mol. The van der Waals surface area contributed by atoms with Crippen molar-refractivity contribution in [1.29, 1.82) is 0 Å². The van der Waals surface area contributed by atoms with Gasteiger partial charge in [-0.3, -0.25) is 14.5 Å². The molecule has 3 aromatic carbocycles. The van der Waals surface area contributed by atoms with E-state index in [1.54, 1.807) is 29.2 Å². The lowest BCUT2D eigenvalue weighted by Gasteiger charge is -2.40. The number of halogens is 1. The molecule has 39 heavy (non-hydrogen) atoms. The fourth-order valence-electron chi connectivity index (χ4n) is 6.46. The number of nitrogens with one attached hydrogen (secondary N) is 1. The van der Waals surface area contributed by atoms with Crippen LogP contribution >= 0.6 is 11.6 Å². The van der Waals surface area contributed by atoms with Crippen LogP contribution in [-0.4, -0.2) is 47.0 Å². The Morgan fingerprint density at radius 1 is 1.13 bits per heavy atom. The summed E-state index contributed by atoms with van der Waals surface area (Å²) < 4.78 is 5.72. The summed E-state index contributed by atoms with van der Waals surface area (Å²) in [6.45, 7) is 3.42. The van der Waals surface area contributed by atoms with Crippen molar-refractivity contribution in [2.24, 2.45) is 5.92 Å². The van der Waals surface area contributed by atoms with Gasteiger partial charge in [-0.1, -0.05) is 29.8 Å². The highest BCUT2D eigenvalue weighted by molar-refractivity contribution is 6.31. The minimum absolute atomic E-state index is 0.0607. The number of benzene rings is 3. The molecular formula is C30H28ClN3O5. The zero-order valence-corrected chi connectivity index (χ0v) is 22.1. The van der Waals surface area contributed by atoms with Gasteiger partial charge in [0.15, 0.2) is 0 Å². The molecule has 0 saturated carbocycles. The normalized spacial score (nSPS) is 24.0. The summed E-state index contributed by atoms with van der Waals surface area (Å²) >= 11 is 6.27. The van der Waals surface area contributed by atoms with Gasteiger partial charge >= 0.3 is 5.97 Å². The lowest BCUT2D eigenvalue weighted by Crippen LogP contribution is -2.52. The molecule has 9 heteroatoms. The quantitative estimate of drug-likeness (QED) is 0.456. The summed E-state index contributed by atoms with van der Waals surface area (Å²) in [5, 5.41) is 12.8. The maximum Gasteiger partial charge on any atom is 0.335 e. The van der Waals surface area contributed by atoms with Gasteiger partial charge < -0.3 is 20.1 Å². The Kier molecular flexibility index (Phi) is 6.32. The molecule has 3 aliphatic heterocycles. The molecule has 0 unspecified atom stereocenters. The van der Waals surface area contributed by atoms with E-state index in [1.807, 2.05) is 37.3 Å². The smallest absolute Gasteiger partial charge is 0.335 e. The van der Waals surface area contributed by atoms with E-state index in [4.69, 9.17) is 16.3 Å². The van der Waals surface area contributed by atoms with Crippen LogP contribution in [0.3, 0.4) is 0 Å². The number of rotatable bonds is 6. The molecule has 3 heterocycles. The van der Waals surface area contributed by atoms with E-state index in [9.17, 15) is 19.5 Å². The van der Waals surface area contributed by atoms with Crippen molar-refractivity contribution < 1.29 is 24.2 Å². The van der Waals surface area contributed by atoms with E-state index in [2.05, 4.69) is 10.2 Å². The maximum atomic E-state index is 14.0. The Morgan fingerprint density at radius 2 is 1.92 bits per heavy atom. The molecule has 0 aliphatic carbocycles. The van der Waals surface area contributed by atoms with Crippen molar-refractivity contribution in [2.75, 3.05) is 23.4 Å². The zero-order chi connectivity index (χ0) is 27.3. The van der Waals surface area contributed by atoms with Crippen LogP contribution in [0.4, 0.5) is 11.4 Å². The highest BCUT2D eigenvalue weighted by Gasteiger charge is 2.63. The number of anilines is 2. The Labute approximate surface area is 231 Å². The van der Waals surface area contributed by atoms with Crippen LogP contribution in [0.2, 0.25) is 5.02 Å². The first-order chi connectivity index (χ1) is 18.8. The predicted octanol–water partition coefficient (Wildman–Crippen LogP) is 4.91. The summed E-state index contributed by atoms with van der Waals surface area (Å²) in [6, 6.07) is 19.5. The molecule has 0 bridgehead atoms. The van der Waals surface area contributed by atoms with E-state index in [1.165, 1.54) is 12.1 Å². The third-order valence-electron chi connectivity index (χ3n) is 8.14. The fraction of sp³-hybridized carbons (Fsp3) is 0.300. The maximum absolute atomic E-state index is 14.0. The second-order valence-corrected chi connectivity index (χ2v) is 10.7. The van der Waals surface area contributed by atoms with Crippen LogP contribution in [0.5, 0.6) is 5.75 Å². The van der Waals surface area contributed by atoms with Gasteiger partial charge in [-0.2, -0.15) is 0 Å². The molecule has 2 amide bonds. The van der Waals surface area contributed by atoms with Gasteiger partial charge in [0, 0.05) is 41.1 Å². The van der Waals surface area contributed by atoms with Crippen LogP contribution in [0, 0.1) is 5.92 Å². The molecule has 2 saturated heterocycles. The van der Waals surface area contributed by atoms with Crippen molar-refractivity contribution in [1.82, 2.24) is 4.90 Å². The van der Waals surface area contributed by atoms with Gasteiger partial charge in [0.05, 0.1) is 18.1 Å². The lowest BCUT2D eigenvalue weighted by atomic mass is 9.83. The van der Waals surface area contributed by atoms with Crippen molar-refractivity contribution >= 4 is 40.8 Å². The minimum atomic E-state index is -1.02. The van der Waals surface area contributed by atoms with E-state index >= 15 is 0 Å². The summed E-state index contributed by atoms with van der Waals surface area (Å²) in [7, 11) is 0. The second-order valence-electron chi connectivity index (χ2n) is 10.2. The first kappa shape index (κ1) is 25.4. The van der Waals surface area contributed by atoms with E-state index < -0.39 is 17.4 Å². The number of hydrogen-bond donors (Lipinski definition) is 2. The standard InChI is InChI=1S/C30H28ClN3O5/c1-2-39-22-5-3-4-18(14-22)17-34-26-12-13-33(21-9-6-19(7-10-21)28(36)37)27(35)23(26)16-30(34)24-11-8-20(31)15-25(24)32-29(30)38/h3-11,14-15,23,26H,2,12-13,16-17H2,1H3,(H,32,38)(H,36,37)/t23-,26-,30-/m1/s1.